The Balaban J connectivity index is 6.35. The van der Waals surface area contributed by atoms with Crippen LogP contribution in [0.3, 0.4) is 0 Å². The van der Waals surface area contributed by atoms with E-state index in [2.05, 4.69) is 0 Å². The molecular formula is C7F13O5S-. The third-order valence-corrected chi connectivity index (χ3v) is 2.89. The van der Waals surface area contributed by atoms with Crippen LogP contribution in [0.15, 0.2) is 12.1 Å². The van der Waals surface area contributed by atoms with Crippen molar-refractivity contribution < 1.29 is 79.5 Å². The summed E-state index contributed by atoms with van der Waals surface area (Å²) in [5.41, 5.74) is 0. The molecule has 0 aromatic heterocycles. The summed E-state index contributed by atoms with van der Waals surface area (Å²) in [6.45, 7) is 0. The molecule has 156 valence electrons. The van der Waals surface area contributed by atoms with Gasteiger partial charge in [-0.15, -0.1) is 0 Å². The monoisotopic (exact) mass is 443 g/mol. The van der Waals surface area contributed by atoms with E-state index in [1.165, 1.54) is 4.74 Å². The van der Waals surface area contributed by atoms with E-state index in [0.717, 1.165) is 0 Å². The zero-order valence-electron chi connectivity index (χ0n) is 10.9. The van der Waals surface area contributed by atoms with Gasteiger partial charge < -0.3 is 9.29 Å². The van der Waals surface area contributed by atoms with Crippen LogP contribution < -0.4 is 0 Å². The minimum Gasteiger partial charge on any atom is -0.743 e. The highest BCUT2D eigenvalue weighted by molar-refractivity contribution is 7.86. The average molecular weight is 443 g/mol. The van der Waals surface area contributed by atoms with Gasteiger partial charge in [-0.3, -0.25) is 4.74 Å². The smallest absolute Gasteiger partial charge is 0.471 e. The number of alkyl halides is 10. The van der Waals surface area contributed by atoms with Crippen molar-refractivity contribution in [2.24, 2.45) is 0 Å². The van der Waals surface area contributed by atoms with E-state index < -0.39 is 51.7 Å². The zero-order chi connectivity index (χ0) is 21.6. The van der Waals surface area contributed by atoms with Crippen LogP contribution in [-0.4, -0.2) is 42.5 Å². The van der Waals surface area contributed by atoms with Crippen LogP contribution in [0.25, 0.3) is 0 Å². The predicted octanol–water partition coefficient (Wildman–Crippen LogP) is 3.61. The molecule has 0 saturated carbocycles. The average Bonchev–Trinajstić information content (AvgIpc) is 2.34. The van der Waals surface area contributed by atoms with Crippen LogP contribution in [0, 0.1) is 0 Å². The van der Waals surface area contributed by atoms with Crippen molar-refractivity contribution >= 4 is 10.1 Å². The molecule has 5 nitrogen and oxygen atoms in total. The standard InChI is InChI=1S/C7HF13O5S/c8-1(9)2(10)24-5(15,16)3(11,4(12,13)14)25-6(17,18)7(19,20)26(21,22)23/h(H,21,22,23)/p-1. The van der Waals surface area contributed by atoms with Crippen LogP contribution >= 0.6 is 0 Å². The fraction of sp³-hybridized carbons (Fsp3) is 0.714. The lowest BCUT2D eigenvalue weighted by atomic mass is 10.2. The molecule has 0 amide bonds. The number of ether oxygens (including phenoxy) is 2. The molecule has 0 rings (SSSR count). The molecule has 19 heteroatoms. The highest BCUT2D eigenvalue weighted by Gasteiger charge is 2.81. The Morgan fingerprint density at radius 1 is 0.769 bits per heavy atom. The van der Waals surface area contributed by atoms with E-state index in [1.807, 2.05) is 4.74 Å². The summed E-state index contributed by atoms with van der Waals surface area (Å²) in [6.07, 6.45) is -26.2. The van der Waals surface area contributed by atoms with Gasteiger partial charge in [-0.05, 0) is 0 Å². The molecule has 0 aromatic rings. The largest absolute Gasteiger partial charge is 0.743 e. The zero-order valence-corrected chi connectivity index (χ0v) is 11.7. The van der Waals surface area contributed by atoms with Gasteiger partial charge in [0.15, 0.2) is 10.1 Å². The molecule has 1 unspecified atom stereocenters. The molecule has 0 spiro atoms. The Bertz CT molecular complexity index is 663. The summed E-state index contributed by atoms with van der Waals surface area (Å²) >= 11 is 0. The second-order valence-electron chi connectivity index (χ2n) is 3.84. The summed E-state index contributed by atoms with van der Waals surface area (Å²) in [7, 11) is -7.64. The maximum Gasteiger partial charge on any atom is 0.471 e. The minimum atomic E-state index is -7.64. The van der Waals surface area contributed by atoms with Gasteiger partial charge in [0.1, 0.15) is 0 Å². The minimum absolute atomic E-state index is 1.46. The topological polar surface area (TPSA) is 75.7 Å². The van der Waals surface area contributed by atoms with Crippen LogP contribution in [-0.2, 0) is 19.6 Å². The maximum atomic E-state index is 13.3. The van der Waals surface area contributed by atoms with E-state index in [1.54, 1.807) is 0 Å². The molecule has 0 aliphatic rings. The number of hydrogen-bond donors (Lipinski definition) is 0. The Hall–Kier alpha value is -1.50. The number of hydrogen-bond acceptors (Lipinski definition) is 5. The Morgan fingerprint density at radius 2 is 1.15 bits per heavy atom. The molecule has 0 aromatic carbocycles. The molecule has 0 bridgehead atoms. The second-order valence-corrected chi connectivity index (χ2v) is 5.26. The molecule has 0 N–H and O–H groups in total. The Kier molecular flexibility index (Phi) is 6.21. The molecule has 0 saturated heterocycles. The molecule has 1 atom stereocenters. The molecule has 0 radical (unpaired) electrons. The van der Waals surface area contributed by atoms with Crippen molar-refractivity contribution in [3.63, 3.8) is 0 Å². The fourth-order valence-electron chi connectivity index (χ4n) is 0.881. The first-order chi connectivity index (χ1) is 11.0. The van der Waals surface area contributed by atoms with Gasteiger partial charge in [0.05, 0.1) is 0 Å². The van der Waals surface area contributed by atoms with Crippen LogP contribution in [0.1, 0.15) is 0 Å². The quantitative estimate of drug-likeness (QED) is 0.342. The van der Waals surface area contributed by atoms with Crippen LogP contribution in [0.5, 0.6) is 0 Å². The van der Waals surface area contributed by atoms with Gasteiger partial charge in [-0.25, -0.2) is 8.42 Å². The van der Waals surface area contributed by atoms with E-state index in [-0.39, 0.29) is 0 Å². The molecule has 26 heavy (non-hydrogen) atoms. The number of halogens is 13. The van der Waals surface area contributed by atoms with Crippen molar-refractivity contribution in [1.82, 2.24) is 0 Å². The van der Waals surface area contributed by atoms with E-state index >= 15 is 0 Å². The first-order valence-electron chi connectivity index (χ1n) is 4.98. The van der Waals surface area contributed by atoms with Gasteiger partial charge in [0.25, 0.3) is 0 Å². The van der Waals surface area contributed by atoms with Gasteiger partial charge in [0.2, 0.25) is 0 Å². The summed E-state index contributed by atoms with van der Waals surface area (Å²) in [4.78, 5) is 0. The van der Waals surface area contributed by atoms with Gasteiger partial charge in [-0.1, -0.05) is 0 Å². The lowest BCUT2D eigenvalue weighted by Crippen LogP contribution is -2.64. The molecule has 0 aliphatic carbocycles. The Labute approximate surface area is 132 Å². The summed E-state index contributed by atoms with van der Waals surface area (Å²) in [5.74, 6) is -7.54. The third-order valence-electron chi connectivity index (χ3n) is 2.03. The van der Waals surface area contributed by atoms with Crippen molar-refractivity contribution in [3.05, 3.63) is 12.1 Å². The van der Waals surface area contributed by atoms with Gasteiger partial charge in [-0.2, -0.15) is 57.1 Å². The van der Waals surface area contributed by atoms with Crippen molar-refractivity contribution in [2.45, 2.75) is 29.5 Å². The van der Waals surface area contributed by atoms with Gasteiger partial charge in [0, 0.05) is 0 Å². The van der Waals surface area contributed by atoms with Crippen LogP contribution in [0.4, 0.5) is 57.1 Å². The van der Waals surface area contributed by atoms with Crippen molar-refractivity contribution in [3.8, 4) is 0 Å². The van der Waals surface area contributed by atoms with Crippen molar-refractivity contribution in [1.29, 1.82) is 0 Å². The number of rotatable bonds is 7. The SMILES string of the molecule is O=S(=O)([O-])C(F)(F)C(F)(F)OC(F)(C(F)(F)F)C(F)(F)OC(F)=C(F)F. The maximum absolute atomic E-state index is 13.3. The predicted molar refractivity (Wildman–Crippen MR) is 47.0 cm³/mol. The van der Waals surface area contributed by atoms with E-state index in [4.69, 9.17) is 0 Å². The van der Waals surface area contributed by atoms with Crippen molar-refractivity contribution in [2.75, 3.05) is 0 Å². The van der Waals surface area contributed by atoms with Gasteiger partial charge >= 0.3 is 41.6 Å². The van der Waals surface area contributed by atoms with Crippen LogP contribution in [0.2, 0.25) is 0 Å². The second kappa shape index (κ2) is 6.59. The lowest BCUT2D eigenvalue weighted by Gasteiger charge is -2.37. The molecule has 0 heterocycles. The van der Waals surface area contributed by atoms with E-state index in [9.17, 15) is 70.0 Å². The molecule has 0 aliphatic heterocycles. The normalized spacial score (nSPS) is 16.8. The van der Waals surface area contributed by atoms with E-state index in [0.29, 0.717) is 0 Å². The summed E-state index contributed by atoms with van der Waals surface area (Å²) in [6, 6.07) is -3.96. The first kappa shape index (κ1) is 24.5. The Morgan fingerprint density at radius 3 is 1.42 bits per heavy atom. The fourth-order valence-corrected chi connectivity index (χ4v) is 1.21. The summed E-state index contributed by atoms with van der Waals surface area (Å²) in [5, 5.41) is -7.27. The highest BCUT2D eigenvalue weighted by Crippen LogP contribution is 2.53. The molecule has 0 fully saturated rings. The molecular weight excluding hydrogens is 443 g/mol. The first-order valence-corrected chi connectivity index (χ1v) is 6.39. The summed E-state index contributed by atoms with van der Waals surface area (Å²) < 4.78 is 195. The third kappa shape index (κ3) is 4.24. The lowest BCUT2D eigenvalue weighted by molar-refractivity contribution is -0.510. The highest BCUT2D eigenvalue weighted by atomic mass is 32.2.